The summed E-state index contributed by atoms with van der Waals surface area (Å²) in [7, 11) is 0. The number of para-hydroxylation sites is 1. The molecule has 0 bridgehead atoms. The highest BCUT2D eigenvalue weighted by atomic mass is 19.3. The molecule has 0 atom stereocenters. The summed E-state index contributed by atoms with van der Waals surface area (Å²) in [6, 6.07) is 6.22. The number of carbonyl (C=O) groups is 1. The van der Waals surface area contributed by atoms with Gasteiger partial charge in [-0.05, 0) is 18.9 Å². The maximum atomic E-state index is 12.3. The van der Waals surface area contributed by atoms with Gasteiger partial charge < -0.3 is 15.2 Å². The van der Waals surface area contributed by atoms with Gasteiger partial charge in [-0.2, -0.15) is 8.78 Å². The Balaban J connectivity index is 1.89. The highest BCUT2D eigenvalue weighted by molar-refractivity contribution is 5.79. The van der Waals surface area contributed by atoms with Crippen molar-refractivity contribution in [2.75, 3.05) is 6.54 Å². The molecule has 1 aromatic carbocycles. The summed E-state index contributed by atoms with van der Waals surface area (Å²) in [6.07, 6.45) is 4.32. The summed E-state index contributed by atoms with van der Waals surface area (Å²) in [4.78, 5) is 12.0. The van der Waals surface area contributed by atoms with Crippen LogP contribution >= 0.6 is 0 Å². The number of halogens is 2. The van der Waals surface area contributed by atoms with Crippen molar-refractivity contribution in [3.05, 3.63) is 29.8 Å². The number of ether oxygens (including phenoxy) is 1. The van der Waals surface area contributed by atoms with Crippen molar-refractivity contribution in [1.29, 1.82) is 0 Å². The van der Waals surface area contributed by atoms with Crippen molar-refractivity contribution in [3.63, 3.8) is 0 Å². The van der Waals surface area contributed by atoms with Gasteiger partial charge >= 0.3 is 6.61 Å². The van der Waals surface area contributed by atoms with Gasteiger partial charge in [-0.25, -0.2) is 0 Å². The number of alkyl halides is 2. The van der Waals surface area contributed by atoms with Gasteiger partial charge in [-0.3, -0.25) is 4.79 Å². The van der Waals surface area contributed by atoms with E-state index < -0.39 is 12.2 Å². The Bertz CT molecular complexity index is 502. The molecule has 0 heterocycles. The molecule has 0 unspecified atom stereocenters. The average Bonchev–Trinajstić information content (AvgIpc) is 2.48. The second-order valence-corrected chi connectivity index (χ2v) is 5.72. The van der Waals surface area contributed by atoms with Gasteiger partial charge in [0.2, 0.25) is 5.91 Å². The number of aliphatic hydroxyl groups is 1. The highest BCUT2D eigenvalue weighted by Gasteiger charge is 2.29. The lowest BCUT2D eigenvalue weighted by Gasteiger charge is -2.32. The van der Waals surface area contributed by atoms with E-state index in [0.717, 1.165) is 19.3 Å². The Hall–Kier alpha value is -1.69. The number of carbonyl (C=O) groups excluding carboxylic acids is 1. The molecule has 22 heavy (non-hydrogen) atoms. The van der Waals surface area contributed by atoms with E-state index in [9.17, 15) is 18.7 Å². The highest BCUT2D eigenvalue weighted by Crippen LogP contribution is 2.27. The first-order valence-corrected chi connectivity index (χ1v) is 7.50. The molecule has 4 nitrogen and oxygen atoms in total. The lowest BCUT2D eigenvalue weighted by atomic mass is 9.85. The number of amides is 1. The zero-order valence-corrected chi connectivity index (χ0v) is 12.4. The van der Waals surface area contributed by atoms with Crippen molar-refractivity contribution in [1.82, 2.24) is 5.32 Å². The van der Waals surface area contributed by atoms with Crippen molar-refractivity contribution in [2.45, 2.75) is 50.7 Å². The van der Waals surface area contributed by atoms with Crippen LogP contribution in [0.1, 0.15) is 37.7 Å². The first-order chi connectivity index (χ1) is 10.5. The predicted octanol–water partition coefficient (Wildman–Crippen LogP) is 2.64. The second-order valence-electron chi connectivity index (χ2n) is 5.72. The van der Waals surface area contributed by atoms with Gasteiger partial charge in [0.05, 0.1) is 12.0 Å². The van der Waals surface area contributed by atoms with E-state index in [0.29, 0.717) is 18.4 Å². The fourth-order valence-electron chi connectivity index (χ4n) is 2.75. The smallest absolute Gasteiger partial charge is 0.387 e. The van der Waals surface area contributed by atoms with E-state index >= 15 is 0 Å². The van der Waals surface area contributed by atoms with Crippen LogP contribution in [0.3, 0.4) is 0 Å². The standard InChI is InChI=1S/C16H21F2NO3/c17-15(18)22-13-7-3-2-6-12(13)10-14(20)19-11-16(21)8-4-1-5-9-16/h2-3,6-7,15,21H,1,4-5,8-11H2,(H,19,20). The minimum atomic E-state index is -2.92. The predicted molar refractivity (Wildman–Crippen MR) is 77.8 cm³/mol. The molecule has 1 aliphatic rings. The van der Waals surface area contributed by atoms with Gasteiger partial charge in [0.15, 0.2) is 0 Å². The largest absolute Gasteiger partial charge is 0.435 e. The third-order valence-corrected chi connectivity index (χ3v) is 3.94. The second kappa shape index (κ2) is 7.54. The first kappa shape index (κ1) is 16.7. The molecule has 122 valence electrons. The lowest BCUT2D eigenvalue weighted by molar-refractivity contribution is -0.122. The van der Waals surface area contributed by atoms with E-state index in [1.807, 2.05) is 0 Å². The molecule has 1 aliphatic carbocycles. The monoisotopic (exact) mass is 313 g/mol. The van der Waals surface area contributed by atoms with Crippen LogP contribution in [0.4, 0.5) is 8.78 Å². The Morgan fingerprint density at radius 1 is 1.27 bits per heavy atom. The number of rotatable bonds is 6. The van der Waals surface area contributed by atoms with E-state index in [2.05, 4.69) is 10.1 Å². The van der Waals surface area contributed by atoms with E-state index in [1.165, 1.54) is 6.07 Å². The van der Waals surface area contributed by atoms with Crippen molar-refractivity contribution in [3.8, 4) is 5.75 Å². The van der Waals surface area contributed by atoms with Crippen molar-refractivity contribution >= 4 is 5.91 Å². The molecule has 1 amide bonds. The van der Waals surface area contributed by atoms with E-state index in [-0.39, 0.29) is 24.6 Å². The first-order valence-electron chi connectivity index (χ1n) is 7.50. The van der Waals surface area contributed by atoms with Crippen LogP contribution in [0, 0.1) is 0 Å². The van der Waals surface area contributed by atoms with E-state index in [1.54, 1.807) is 18.2 Å². The molecule has 0 spiro atoms. The third kappa shape index (κ3) is 4.94. The number of nitrogens with one attached hydrogen (secondary N) is 1. The van der Waals surface area contributed by atoms with Crippen LogP contribution in [-0.4, -0.2) is 29.8 Å². The molecule has 2 rings (SSSR count). The molecular weight excluding hydrogens is 292 g/mol. The van der Waals surface area contributed by atoms with Crippen LogP contribution in [-0.2, 0) is 11.2 Å². The zero-order valence-electron chi connectivity index (χ0n) is 12.4. The van der Waals surface area contributed by atoms with Crippen molar-refractivity contribution in [2.24, 2.45) is 0 Å². The fraction of sp³-hybridized carbons (Fsp3) is 0.562. The van der Waals surface area contributed by atoms with Crippen LogP contribution < -0.4 is 10.1 Å². The Morgan fingerprint density at radius 3 is 2.64 bits per heavy atom. The number of benzene rings is 1. The van der Waals surface area contributed by atoms with Crippen LogP contribution in [0.15, 0.2) is 24.3 Å². The summed E-state index contributed by atoms with van der Waals surface area (Å²) in [5.41, 5.74) is -0.441. The average molecular weight is 313 g/mol. The molecular formula is C16H21F2NO3. The molecule has 0 aromatic heterocycles. The molecule has 1 saturated carbocycles. The lowest BCUT2D eigenvalue weighted by Crippen LogP contribution is -2.44. The van der Waals surface area contributed by atoms with E-state index in [4.69, 9.17) is 0 Å². The summed E-state index contributed by atoms with van der Waals surface area (Å²) >= 11 is 0. The minimum Gasteiger partial charge on any atom is -0.435 e. The topological polar surface area (TPSA) is 58.6 Å². The quantitative estimate of drug-likeness (QED) is 0.849. The molecule has 1 fully saturated rings. The summed E-state index contributed by atoms with van der Waals surface area (Å²) in [6.45, 7) is -2.73. The van der Waals surface area contributed by atoms with Crippen LogP contribution in [0.2, 0.25) is 0 Å². The Labute approximate surface area is 128 Å². The zero-order chi connectivity index (χ0) is 16.0. The van der Waals surface area contributed by atoms with Gasteiger partial charge in [-0.15, -0.1) is 0 Å². The maximum absolute atomic E-state index is 12.3. The Morgan fingerprint density at radius 2 is 1.95 bits per heavy atom. The number of hydrogen-bond acceptors (Lipinski definition) is 3. The minimum absolute atomic E-state index is 0.00373. The molecule has 0 radical (unpaired) electrons. The summed E-state index contributed by atoms with van der Waals surface area (Å²) < 4.78 is 29.0. The van der Waals surface area contributed by atoms with Gasteiger partial charge in [0.1, 0.15) is 5.75 Å². The summed E-state index contributed by atoms with van der Waals surface area (Å²) in [5.74, 6) is -0.312. The van der Waals surface area contributed by atoms with Crippen LogP contribution in [0.5, 0.6) is 5.75 Å². The Kier molecular flexibility index (Phi) is 5.71. The van der Waals surface area contributed by atoms with Gasteiger partial charge in [0.25, 0.3) is 0 Å². The van der Waals surface area contributed by atoms with Crippen LogP contribution in [0.25, 0.3) is 0 Å². The SMILES string of the molecule is O=C(Cc1ccccc1OC(F)F)NCC1(O)CCCCC1. The fourth-order valence-corrected chi connectivity index (χ4v) is 2.75. The maximum Gasteiger partial charge on any atom is 0.387 e. The van der Waals surface area contributed by atoms with Gasteiger partial charge in [0, 0.05) is 12.1 Å². The molecule has 1 aromatic rings. The van der Waals surface area contributed by atoms with Gasteiger partial charge in [-0.1, -0.05) is 37.5 Å². The molecule has 0 aliphatic heterocycles. The molecule has 6 heteroatoms. The third-order valence-electron chi connectivity index (χ3n) is 3.94. The number of hydrogen-bond donors (Lipinski definition) is 2. The normalized spacial score (nSPS) is 17.3. The molecule has 0 saturated heterocycles. The summed E-state index contributed by atoms with van der Waals surface area (Å²) in [5, 5.41) is 13.0. The van der Waals surface area contributed by atoms with Crippen molar-refractivity contribution < 1.29 is 23.4 Å². The molecule has 2 N–H and O–H groups in total.